The highest BCUT2D eigenvalue weighted by Crippen LogP contribution is 2.32. The number of nitriles is 1. The van der Waals surface area contributed by atoms with Crippen LogP contribution in [0.5, 0.6) is 0 Å². The SMILES string of the molecule is CC1CCCC(CO)(NCC(O)c2ccc(C#N)cc2)C1. The fourth-order valence-corrected chi connectivity index (χ4v) is 3.23. The van der Waals surface area contributed by atoms with Gasteiger partial charge < -0.3 is 15.5 Å². The van der Waals surface area contributed by atoms with Crippen LogP contribution in [0, 0.1) is 17.2 Å². The fraction of sp³-hybridized carbons (Fsp3) is 0.588. The minimum atomic E-state index is -0.626. The number of hydrogen-bond donors (Lipinski definition) is 3. The third-order valence-electron chi connectivity index (χ3n) is 4.49. The highest BCUT2D eigenvalue weighted by atomic mass is 16.3. The Kier molecular flexibility index (Phi) is 5.35. The van der Waals surface area contributed by atoms with E-state index in [4.69, 9.17) is 5.26 Å². The number of aliphatic hydroxyl groups excluding tert-OH is 2. The van der Waals surface area contributed by atoms with Gasteiger partial charge in [-0.15, -0.1) is 0 Å². The Bertz CT molecular complexity index is 495. The van der Waals surface area contributed by atoms with Crippen LogP contribution in [0.1, 0.15) is 49.8 Å². The van der Waals surface area contributed by atoms with Crippen molar-refractivity contribution in [3.8, 4) is 6.07 Å². The summed E-state index contributed by atoms with van der Waals surface area (Å²) < 4.78 is 0. The molecule has 4 nitrogen and oxygen atoms in total. The van der Waals surface area contributed by atoms with Gasteiger partial charge in [-0.25, -0.2) is 0 Å². The van der Waals surface area contributed by atoms with Crippen LogP contribution < -0.4 is 5.32 Å². The molecule has 1 fully saturated rings. The van der Waals surface area contributed by atoms with E-state index >= 15 is 0 Å². The van der Waals surface area contributed by atoms with Crippen LogP contribution in [0.2, 0.25) is 0 Å². The molecular weight excluding hydrogens is 264 g/mol. The molecular formula is C17H24N2O2. The Morgan fingerprint density at radius 2 is 2.14 bits per heavy atom. The predicted octanol–water partition coefficient (Wildman–Crippen LogP) is 2.12. The molecule has 3 N–H and O–H groups in total. The van der Waals surface area contributed by atoms with Crippen LogP contribution in [0.15, 0.2) is 24.3 Å². The summed E-state index contributed by atoms with van der Waals surface area (Å²) in [5.41, 5.74) is 1.12. The summed E-state index contributed by atoms with van der Waals surface area (Å²) in [6.07, 6.45) is 3.60. The lowest BCUT2D eigenvalue weighted by atomic mass is 9.76. The fourth-order valence-electron chi connectivity index (χ4n) is 3.23. The lowest BCUT2D eigenvalue weighted by Gasteiger charge is -2.40. The maximum atomic E-state index is 10.3. The molecule has 1 saturated carbocycles. The molecule has 1 aromatic rings. The molecule has 1 aliphatic rings. The maximum Gasteiger partial charge on any atom is 0.0991 e. The van der Waals surface area contributed by atoms with Crippen LogP contribution >= 0.6 is 0 Å². The van der Waals surface area contributed by atoms with Crippen molar-refractivity contribution in [3.63, 3.8) is 0 Å². The van der Waals surface area contributed by atoms with Crippen molar-refractivity contribution in [2.45, 2.75) is 44.2 Å². The van der Waals surface area contributed by atoms with Gasteiger partial charge in [-0.05, 0) is 36.5 Å². The zero-order valence-electron chi connectivity index (χ0n) is 12.5. The minimum absolute atomic E-state index is 0.109. The van der Waals surface area contributed by atoms with E-state index < -0.39 is 6.10 Å². The third-order valence-corrected chi connectivity index (χ3v) is 4.49. The van der Waals surface area contributed by atoms with E-state index in [2.05, 4.69) is 18.3 Å². The van der Waals surface area contributed by atoms with Crippen molar-refractivity contribution >= 4 is 0 Å². The van der Waals surface area contributed by atoms with E-state index in [1.807, 2.05) is 0 Å². The largest absolute Gasteiger partial charge is 0.394 e. The molecule has 21 heavy (non-hydrogen) atoms. The second kappa shape index (κ2) is 7.04. The van der Waals surface area contributed by atoms with Crippen molar-refractivity contribution in [1.82, 2.24) is 5.32 Å². The van der Waals surface area contributed by atoms with Gasteiger partial charge in [-0.2, -0.15) is 5.26 Å². The zero-order valence-corrected chi connectivity index (χ0v) is 12.5. The molecule has 3 atom stereocenters. The molecule has 3 unspecified atom stereocenters. The van der Waals surface area contributed by atoms with Gasteiger partial charge in [0.2, 0.25) is 0 Å². The topological polar surface area (TPSA) is 76.3 Å². The first kappa shape index (κ1) is 16.0. The van der Waals surface area contributed by atoms with E-state index in [9.17, 15) is 10.2 Å². The smallest absolute Gasteiger partial charge is 0.0991 e. The van der Waals surface area contributed by atoms with Crippen LogP contribution in [-0.4, -0.2) is 28.9 Å². The average molecular weight is 288 g/mol. The normalized spacial score (nSPS) is 27.0. The summed E-state index contributed by atoms with van der Waals surface area (Å²) in [7, 11) is 0. The van der Waals surface area contributed by atoms with Gasteiger partial charge in [0.15, 0.2) is 0 Å². The average Bonchev–Trinajstić information content (AvgIpc) is 2.53. The Hall–Kier alpha value is -1.41. The number of aliphatic hydroxyl groups is 2. The highest BCUT2D eigenvalue weighted by molar-refractivity contribution is 5.32. The van der Waals surface area contributed by atoms with Gasteiger partial charge in [-0.3, -0.25) is 0 Å². The van der Waals surface area contributed by atoms with Crippen molar-refractivity contribution in [2.75, 3.05) is 13.2 Å². The summed E-state index contributed by atoms with van der Waals surface area (Å²) in [5, 5.41) is 32.2. The number of nitrogens with one attached hydrogen (secondary N) is 1. The zero-order chi connectivity index (χ0) is 15.3. The molecule has 0 aliphatic heterocycles. The quantitative estimate of drug-likeness (QED) is 0.775. The predicted molar refractivity (Wildman–Crippen MR) is 81.6 cm³/mol. The van der Waals surface area contributed by atoms with Crippen molar-refractivity contribution in [3.05, 3.63) is 35.4 Å². The summed E-state index contributed by atoms with van der Waals surface area (Å²) >= 11 is 0. The first-order valence-electron chi connectivity index (χ1n) is 7.62. The summed E-state index contributed by atoms with van der Waals surface area (Å²) in [6, 6.07) is 9.04. The van der Waals surface area contributed by atoms with Gasteiger partial charge in [0.05, 0.1) is 24.3 Å². The van der Waals surface area contributed by atoms with Gasteiger partial charge in [0, 0.05) is 12.1 Å². The van der Waals surface area contributed by atoms with Crippen molar-refractivity contribution in [2.24, 2.45) is 5.92 Å². The van der Waals surface area contributed by atoms with Crippen LogP contribution in [0.3, 0.4) is 0 Å². The van der Waals surface area contributed by atoms with Crippen LogP contribution in [0.25, 0.3) is 0 Å². The van der Waals surface area contributed by atoms with Crippen molar-refractivity contribution in [1.29, 1.82) is 5.26 Å². The molecule has 0 radical (unpaired) electrons. The van der Waals surface area contributed by atoms with E-state index in [1.54, 1.807) is 24.3 Å². The van der Waals surface area contributed by atoms with Crippen LogP contribution in [-0.2, 0) is 0 Å². The monoisotopic (exact) mass is 288 g/mol. The summed E-state index contributed by atoms with van der Waals surface area (Å²) in [5.74, 6) is 0.602. The lowest BCUT2D eigenvalue weighted by Crippen LogP contribution is -2.52. The van der Waals surface area contributed by atoms with Gasteiger partial charge in [0.25, 0.3) is 0 Å². The first-order chi connectivity index (χ1) is 10.1. The molecule has 2 rings (SSSR count). The Morgan fingerprint density at radius 3 is 2.71 bits per heavy atom. The molecule has 0 spiro atoms. The Labute approximate surface area is 126 Å². The van der Waals surface area contributed by atoms with Gasteiger partial charge >= 0.3 is 0 Å². The molecule has 4 heteroatoms. The molecule has 0 amide bonds. The molecule has 1 aromatic carbocycles. The standard InChI is InChI=1S/C17H24N2O2/c1-13-3-2-8-17(9-13,12-20)19-11-16(21)15-6-4-14(10-18)5-7-15/h4-7,13,16,19-21H,2-3,8-9,11-12H2,1H3. The summed E-state index contributed by atoms with van der Waals surface area (Å²) in [6.45, 7) is 2.74. The Morgan fingerprint density at radius 1 is 1.43 bits per heavy atom. The van der Waals surface area contributed by atoms with Gasteiger partial charge in [-0.1, -0.05) is 31.9 Å². The molecule has 114 valence electrons. The molecule has 0 bridgehead atoms. The van der Waals surface area contributed by atoms with E-state index in [0.717, 1.165) is 24.8 Å². The third kappa shape index (κ3) is 4.04. The lowest BCUT2D eigenvalue weighted by molar-refractivity contribution is 0.0789. The molecule has 1 aliphatic carbocycles. The number of nitrogens with zero attached hydrogens (tertiary/aromatic N) is 1. The highest BCUT2D eigenvalue weighted by Gasteiger charge is 2.34. The number of benzene rings is 1. The second-order valence-corrected chi connectivity index (χ2v) is 6.27. The molecule has 0 saturated heterocycles. The number of hydrogen-bond acceptors (Lipinski definition) is 4. The van der Waals surface area contributed by atoms with E-state index in [0.29, 0.717) is 18.0 Å². The van der Waals surface area contributed by atoms with Crippen LogP contribution in [0.4, 0.5) is 0 Å². The second-order valence-electron chi connectivity index (χ2n) is 6.27. The number of rotatable bonds is 5. The van der Waals surface area contributed by atoms with Gasteiger partial charge in [0.1, 0.15) is 0 Å². The van der Waals surface area contributed by atoms with E-state index in [-0.39, 0.29) is 12.1 Å². The molecule has 0 heterocycles. The maximum absolute atomic E-state index is 10.3. The first-order valence-corrected chi connectivity index (χ1v) is 7.62. The Balaban J connectivity index is 1.95. The summed E-state index contributed by atoms with van der Waals surface area (Å²) in [4.78, 5) is 0. The molecule has 0 aromatic heterocycles. The minimum Gasteiger partial charge on any atom is -0.394 e. The van der Waals surface area contributed by atoms with Crippen molar-refractivity contribution < 1.29 is 10.2 Å². The van der Waals surface area contributed by atoms with E-state index in [1.165, 1.54) is 6.42 Å². The number of β-amino-alcohol motifs (C(OH)–C–C–N with tert-alkyl or cyclic N) is 1.